The van der Waals surface area contributed by atoms with Gasteiger partial charge in [0.15, 0.2) is 0 Å². The number of halogens is 2. The van der Waals surface area contributed by atoms with E-state index in [1.165, 1.54) is 35.0 Å². The number of aromatic nitrogens is 2. The fourth-order valence-corrected chi connectivity index (χ4v) is 4.01. The quantitative estimate of drug-likeness (QED) is 0.624. The molecule has 7 nitrogen and oxygen atoms in total. The molecule has 0 amide bonds. The molecule has 2 atom stereocenters. The lowest BCUT2D eigenvalue weighted by molar-refractivity contribution is -0.141. The first-order chi connectivity index (χ1) is 14.8. The number of ether oxygens (including phenoxy) is 2. The maximum absolute atomic E-state index is 13.4. The van der Waals surface area contributed by atoms with Gasteiger partial charge < -0.3 is 9.47 Å². The third kappa shape index (κ3) is 4.99. The molecule has 3 aromatic rings. The van der Waals surface area contributed by atoms with Crippen LogP contribution < -0.4 is 5.14 Å². The first-order valence-corrected chi connectivity index (χ1v) is 11.1. The van der Waals surface area contributed by atoms with Crippen LogP contribution in [0.1, 0.15) is 29.5 Å². The number of sulfonamides is 1. The maximum Gasteiger partial charge on any atom is 0.282 e. The van der Waals surface area contributed by atoms with Crippen LogP contribution in [-0.2, 0) is 25.9 Å². The van der Waals surface area contributed by atoms with Gasteiger partial charge in [-0.25, -0.2) is 27.0 Å². The van der Waals surface area contributed by atoms with Crippen molar-refractivity contribution < 1.29 is 26.7 Å². The van der Waals surface area contributed by atoms with Crippen LogP contribution in [0, 0.1) is 0 Å². The van der Waals surface area contributed by atoms with Crippen LogP contribution >= 0.6 is 0 Å². The molecule has 0 spiro atoms. The van der Waals surface area contributed by atoms with Crippen LogP contribution in [0.2, 0.25) is 0 Å². The molecular formula is C21H21F2N3O4S. The minimum absolute atomic E-state index is 0.0841. The van der Waals surface area contributed by atoms with Crippen LogP contribution in [0.25, 0.3) is 5.69 Å². The number of nitrogens with zero attached hydrogens (tertiary/aromatic N) is 2. The van der Waals surface area contributed by atoms with Crippen molar-refractivity contribution in [2.24, 2.45) is 5.14 Å². The van der Waals surface area contributed by atoms with E-state index in [4.69, 9.17) is 14.6 Å². The summed E-state index contributed by atoms with van der Waals surface area (Å²) in [4.78, 5) is -0.0841. The molecule has 10 heteroatoms. The highest BCUT2D eigenvalue weighted by Crippen LogP contribution is 2.30. The number of hydrogen-bond donors (Lipinski definition) is 1. The Hall–Kier alpha value is -2.66. The van der Waals surface area contributed by atoms with Crippen molar-refractivity contribution >= 4 is 10.0 Å². The third-order valence-corrected chi connectivity index (χ3v) is 5.88. The van der Waals surface area contributed by atoms with Crippen molar-refractivity contribution in [3.05, 3.63) is 77.6 Å². The Morgan fingerprint density at radius 2 is 1.81 bits per heavy atom. The topological polar surface area (TPSA) is 96.4 Å². The molecule has 0 saturated carbocycles. The fraction of sp³-hybridized carbons (Fsp3) is 0.286. The Morgan fingerprint density at radius 3 is 2.45 bits per heavy atom. The van der Waals surface area contributed by atoms with Crippen molar-refractivity contribution in [3.8, 4) is 5.69 Å². The minimum Gasteiger partial charge on any atom is -0.376 e. The van der Waals surface area contributed by atoms with E-state index in [0.29, 0.717) is 24.4 Å². The number of rotatable bonds is 6. The zero-order valence-corrected chi connectivity index (χ0v) is 17.2. The van der Waals surface area contributed by atoms with E-state index in [0.717, 1.165) is 5.56 Å². The van der Waals surface area contributed by atoms with Gasteiger partial charge in [-0.1, -0.05) is 30.3 Å². The number of primary sulfonamides is 1. The second kappa shape index (κ2) is 8.83. The molecular weight excluding hydrogens is 428 g/mol. The summed E-state index contributed by atoms with van der Waals surface area (Å²) < 4.78 is 62.9. The molecule has 1 saturated heterocycles. The number of hydrogen-bond acceptors (Lipinski definition) is 5. The highest BCUT2D eigenvalue weighted by Gasteiger charge is 2.29. The van der Waals surface area contributed by atoms with Gasteiger partial charge >= 0.3 is 0 Å². The monoisotopic (exact) mass is 449 g/mol. The van der Waals surface area contributed by atoms with Gasteiger partial charge in [-0.05, 0) is 35.9 Å². The van der Waals surface area contributed by atoms with Gasteiger partial charge in [-0.3, -0.25) is 0 Å². The predicted octanol–water partition coefficient (Wildman–Crippen LogP) is 3.16. The van der Waals surface area contributed by atoms with E-state index in [-0.39, 0.29) is 17.6 Å². The highest BCUT2D eigenvalue weighted by atomic mass is 32.2. The summed E-state index contributed by atoms with van der Waals surface area (Å²) in [5, 5.41) is 9.14. The zero-order chi connectivity index (χ0) is 22.0. The van der Waals surface area contributed by atoms with Crippen molar-refractivity contribution in [3.63, 3.8) is 0 Å². The van der Waals surface area contributed by atoms with Crippen LogP contribution in [-0.4, -0.2) is 37.5 Å². The Morgan fingerprint density at radius 1 is 1.10 bits per heavy atom. The number of nitrogens with two attached hydrogens (primary N) is 1. The van der Waals surface area contributed by atoms with Crippen molar-refractivity contribution in [1.29, 1.82) is 0 Å². The Balaban J connectivity index is 1.63. The summed E-state index contributed by atoms with van der Waals surface area (Å²) in [6.45, 7) is 0.583. The summed E-state index contributed by atoms with van der Waals surface area (Å²) in [7, 11) is -3.87. The molecule has 0 aliphatic carbocycles. The highest BCUT2D eigenvalue weighted by molar-refractivity contribution is 7.89. The molecule has 0 bridgehead atoms. The van der Waals surface area contributed by atoms with E-state index < -0.39 is 28.2 Å². The Kier molecular flexibility index (Phi) is 6.15. The first-order valence-electron chi connectivity index (χ1n) is 9.59. The molecule has 2 unspecified atom stereocenters. The van der Waals surface area contributed by atoms with Gasteiger partial charge in [0, 0.05) is 6.42 Å². The smallest absolute Gasteiger partial charge is 0.282 e. The van der Waals surface area contributed by atoms with Gasteiger partial charge in [-0.15, -0.1) is 0 Å². The Bertz CT molecular complexity index is 1140. The van der Waals surface area contributed by atoms with Crippen LogP contribution in [0.3, 0.4) is 0 Å². The molecule has 31 heavy (non-hydrogen) atoms. The fourth-order valence-electron chi connectivity index (χ4n) is 3.49. The third-order valence-electron chi connectivity index (χ3n) is 4.95. The van der Waals surface area contributed by atoms with E-state index in [1.807, 2.05) is 30.3 Å². The average molecular weight is 449 g/mol. The normalized spacial score (nSPS) is 19.6. The van der Waals surface area contributed by atoms with Crippen LogP contribution in [0.4, 0.5) is 8.78 Å². The van der Waals surface area contributed by atoms with E-state index in [1.54, 1.807) is 0 Å². The summed E-state index contributed by atoms with van der Waals surface area (Å²) >= 11 is 0. The average Bonchev–Trinajstić information content (AvgIpc) is 3.20. The van der Waals surface area contributed by atoms with E-state index in [2.05, 4.69) is 5.10 Å². The predicted molar refractivity (Wildman–Crippen MR) is 108 cm³/mol. The minimum atomic E-state index is -3.87. The molecule has 1 aliphatic heterocycles. The summed E-state index contributed by atoms with van der Waals surface area (Å²) in [5.41, 5.74) is 1.48. The molecule has 1 fully saturated rings. The molecule has 1 aliphatic rings. The maximum atomic E-state index is 13.4. The summed E-state index contributed by atoms with van der Waals surface area (Å²) in [5.74, 6) is 0. The number of alkyl halides is 2. The lowest BCUT2D eigenvalue weighted by Crippen LogP contribution is -2.33. The van der Waals surface area contributed by atoms with Crippen molar-refractivity contribution in [2.75, 3.05) is 13.2 Å². The second-order valence-corrected chi connectivity index (χ2v) is 8.78. The van der Waals surface area contributed by atoms with Gasteiger partial charge in [0.2, 0.25) is 10.0 Å². The lowest BCUT2D eigenvalue weighted by atomic mass is 10.1. The molecule has 1 aromatic heterocycles. The molecule has 164 valence electrons. The SMILES string of the molecule is NS(=O)(=O)c1ccc(-n2nc(C(F)F)cc2C2COCC(Cc3ccccc3)O2)cc1. The molecule has 2 heterocycles. The lowest BCUT2D eigenvalue weighted by Gasteiger charge is -2.30. The van der Waals surface area contributed by atoms with Crippen molar-refractivity contribution in [1.82, 2.24) is 9.78 Å². The summed E-state index contributed by atoms with van der Waals surface area (Å²) in [6, 6.07) is 16.6. The van der Waals surface area contributed by atoms with E-state index >= 15 is 0 Å². The second-order valence-electron chi connectivity index (χ2n) is 7.22. The first kappa shape index (κ1) is 21.6. The summed E-state index contributed by atoms with van der Waals surface area (Å²) in [6.07, 6.45) is -3.01. The molecule has 2 aromatic carbocycles. The standard InChI is InChI=1S/C21H21F2N3O4S/c22-21(23)18-11-19(26(25-18)15-6-8-17(9-7-15)31(24,27)28)20-13-29-12-16(30-20)10-14-4-2-1-3-5-14/h1-9,11,16,20-21H,10,12-13H2,(H2,24,27,28). The van der Waals surface area contributed by atoms with Crippen LogP contribution in [0.5, 0.6) is 0 Å². The van der Waals surface area contributed by atoms with E-state index in [9.17, 15) is 17.2 Å². The van der Waals surface area contributed by atoms with Gasteiger partial charge in [0.05, 0.1) is 35.6 Å². The van der Waals surface area contributed by atoms with Gasteiger partial charge in [0.25, 0.3) is 6.43 Å². The zero-order valence-electron chi connectivity index (χ0n) is 16.4. The number of benzene rings is 2. The van der Waals surface area contributed by atoms with Gasteiger partial charge in [-0.2, -0.15) is 5.10 Å². The largest absolute Gasteiger partial charge is 0.376 e. The Labute approximate surface area is 178 Å². The van der Waals surface area contributed by atoms with Crippen molar-refractivity contribution in [2.45, 2.75) is 29.9 Å². The molecule has 2 N–H and O–H groups in total. The molecule has 0 radical (unpaired) electrons. The molecule has 4 rings (SSSR count). The van der Waals surface area contributed by atoms with Crippen LogP contribution in [0.15, 0.2) is 65.6 Å². The van der Waals surface area contributed by atoms with Gasteiger partial charge in [0.1, 0.15) is 11.8 Å².